The van der Waals surface area contributed by atoms with Crippen molar-refractivity contribution in [3.8, 4) is 0 Å². The van der Waals surface area contributed by atoms with Crippen LogP contribution in [0, 0.1) is 0 Å². The van der Waals surface area contributed by atoms with Gasteiger partial charge in [0.15, 0.2) is 5.78 Å². The van der Waals surface area contributed by atoms with Crippen molar-refractivity contribution in [3.05, 3.63) is 70.9 Å². The standard InChI is InChI=1S/C22H25N3O/c1-2-24-16-12-18-17-11-15(21(26)10-14-6-4-3-5-7-14)8-9-20(17)25-22(18)19(23)13-16/h3-9,11,16,19,24-25H,2,10,12-13,23H2,1H3. The first-order valence-electron chi connectivity index (χ1n) is 9.36. The fourth-order valence-electron chi connectivity index (χ4n) is 4.06. The summed E-state index contributed by atoms with van der Waals surface area (Å²) in [6.45, 7) is 3.06. The van der Waals surface area contributed by atoms with E-state index in [9.17, 15) is 4.79 Å². The van der Waals surface area contributed by atoms with Gasteiger partial charge >= 0.3 is 0 Å². The third kappa shape index (κ3) is 3.18. The van der Waals surface area contributed by atoms with Crippen LogP contribution in [0.4, 0.5) is 0 Å². The second-order valence-electron chi connectivity index (χ2n) is 7.16. The number of rotatable bonds is 5. The van der Waals surface area contributed by atoms with Crippen molar-refractivity contribution in [1.29, 1.82) is 0 Å². The summed E-state index contributed by atoms with van der Waals surface area (Å²) in [7, 11) is 0. The van der Waals surface area contributed by atoms with Gasteiger partial charge < -0.3 is 16.0 Å². The number of carbonyl (C=O) groups excluding carboxylic acids is 1. The van der Waals surface area contributed by atoms with Gasteiger partial charge in [-0.15, -0.1) is 0 Å². The number of benzene rings is 2. The molecule has 134 valence electrons. The second kappa shape index (κ2) is 7.06. The lowest BCUT2D eigenvalue weighted by molar-refractivity contribution is 0.0993. The highest BCUT2D eigenvalue weighted by atomic mass is 16.1. The lowest BCUT2D eigenvalue weighted by Gasteiger charge is -2.27. The van der Waals surface area contributed by atoms with E-state index in [1.807, 2.05) is 48.5 Å². The predicted octanol–water partition coefficient (Wildman–Crippen LogP) is 3.52. The number of aromatic nitrogens is 1. The van der Waals surface area contributed by atoms with E-state index in [2.05, 4.69) is 17.2 Å². The Bertz CT molecular complexity index is 929. The number of fused-ring (bicyclic) bond motifs is 3. The van der Waals surface area contributed by atoms with E-state index >= 15 is 0 Å². The van der Waals surface area contributed by atoms with Gasteiger partial charge in [0, 0.05) is 40.7 Å². The molecule has 1 aromatic heterocycles. The van der Waals surface area contributed by atoms with E-state index in [1.165, 1.54) is 5.56 Å². The van der Waals surface area contributed by atoms with E-state index in [-0.39, 0.29) is 11.8 Å². The number of Topliss-reactive ketones (excluding diaryl/α,β-unsaturated/α-hetero) is 1. The fourth-order valence-corrected chi connectivity index (χ4v) is 4.06. The topological polar surface area (TPSA) is 70.9 Å². The maximum Gasteiger partial charge on any atom is 0.167 e. The molecule has 26 heavy (non-hydrogen) atoms. The number of likely N-dealkylation sites (N-methyl/N-ethyl adjacent to an activating group) is 1. The minimum absolute atomic E-state index is 0.0127. The van der Waals surface area contributed by atoms with Crippen molar-refractivity contribution in [2.45, 2.75) is 38.3 Å². The molecular formula is C22H25N3O. The first-order valence-corrected chi connectivity index (χ1v) is 9.36. The monoisotopic (exact) mass is 347 g/mol. The normalized spacial score (nSPS) is 19.5. The summed E-state index contributed by atoms with van der Waals surface area (Å²) in [4.78, 5) is 16.2. The third-order valence-electron chi connectivity index (χ3n) is 5.32. The molecule has 0 radical (unpaired) electrons. The Kier molecular flexibility index (Phi) is 4.62. The number of ketones is 1. The summed E-state index contributed by atoms with van der Waals surface area (Å²) in [5.41, 5.74) is 11.7. The van der Waals surface area contributed by atoms with Crippen LogP contribution in [0.1, 0.15) is 46.6 Å². The molecule has 2 aromatic carbocycles. The maximum absolute atomic E-state index is 12.7. The molecule has 0 bridgehead atoms. The van der Waals surface area contributed by atoms with Crippen LogP contribution < -0.4 is 11.1 Å². The fraction of sp³-hybridized carbons (Fsp3) is 0.318. The second-order valence-corrected chi connectivity index (χ2v) is 7.16. The molecule has 2 atom stereocenters. The first-order chi connectivity index (χ1) is 12.7. The third-order valence-corrected chi connectivity index (χ3v) is 5.32. The highest BCUT2D eigenvalue weighted by molar-refractivity contribution is 6.01. The van der Waals surface area contributed by atoms with Crippen molar-refractivity contribution < 1.29 is 4.79 Å². The van der Waals surface area contributed by atoms with Gasteiger partial charge in [-0.05, 0) is 48.7 Å². The van der Waals surface area contributed by atoms with Gasteiger partial charge in [0.1, 0.15) is 0 Å². The Balaban J connectivity index is 1.67. The van der Waals surface area contributed by atoms with E-state index in [1.54, 1.807) is 0 Å². The van der Waals surface area contributed by atoms with E-state index in [4.69, 9.17) is 5.73 Å². The smallest absolute Gasteiger partial charge is 0.167 e. The summed E-state index contributed by atoms with van der Waals surface area (Å²) in [5, 5.41) is 4.66. The van der Waals surface area contributed by atoms with Crippen LogP contribution in [0.3, 0.4) is 0 Å². The number of hydrogen-bond donors (Lipinski definition) is 3. The summed E-state index contributed by atoms with van der Waals surface area (Å²) < 4.78 is 0. The van der Waals surface area contributed by atoms with Crippen LogP contribution in [-0.2, 0) is 12.8 Å². The summed E-state index contributed by atoms with van der Waals surface area (Å²) in [6, 6.07) is 16.3. The lowest BCUT2D eigenvalue weighted by Crippen LogP contribution is -2.37. The van der Waals surface area contributed by atoms with Crippen LogP contribution in [0.2, 0.25) is 0 Å². The van der Waals surface area contributed by atoms with Crippen LogP contribution in [0.5, 0.6) is 0 Å². The average molecular weight is 347 g/mol. The molecule has 3 aromatic rings. The van der Waals surface area contributed by atoms with Crippen molar-refractivity contribution >= 4 is 16.7 Å². The van der Waals surface area contributed by atoms with Crippen molar-refractivity contribution in [3.63, 3.8) is 0 Å². The van der Waals surface area contributed by atoms with Gasteiger partial charge in [0.2, 0.25) is 0 Å². The highest BCUT2D eigenvalue weighted by Gasteiger charge is 2.27. The zero-order chi connectivity index (χ0) is 18.1. The molecule has 1 heterocycles. The number of H-pyrrole nitrogens is 1. The zero-order valence-electron chi connectivity index (χ0n) is 15.1. The SMILES string of the molecule is CCNC1Cc2c([nH]c3ccc(C(=O)Cc4ccccc4)cc23)C(N)C1. The summed E-state index contributed by atoms with van der Waals surface area (Å²) in [5.74, 6) is 0.149. The minimum Gasteiger partial charge on any atom is -0.357 e. The molecule has 1 aliphatic carbocycles. The molecule has 4 heteroatoms. The maximum atomic E-state index is 12.7. The summed E-state index contributed by atoms with van der Waals surface area (Å²) >= 11 is 0. The Morgan fingerprint density at radius 1 is 1.23 bits per heavy atom. The minimum atomic E-state index is 0.0127. The van der Waals surface area contributed by atoms with Gasteiger partial charge in [-0.1, -0.05) is 37.3 Å². The number of aromatic amines is 1. The van der Waals surface area contributed by atoms with Crippen molar-refractivity contribution in [2.24, 2.45) is 5.73 Å². The van der Waals surface area contributed by atoms with E-state index in [0.29, 0.717) is 12.5 Å². The zero-order valence-corrected chi connectivity index (χ0v) is 15.1. The molecule has 0 spiro atoms. The molecule has 0 aliphatic heterocycles. The number of carbonyl (C=O) groups is 1. The lowest BCUT2D eigenvalue weighted by atomic mass is 9.88. The molecule has 0 amide bonds. The van der Waals surface area contributed by atoms with Crippen LogP contribution in [0.25, 0.3) is 10.9 Å². The molecule has 0 saturated carbocycles. The Labute approximate surface area is 153 Å². The van der Waals surface area contributed by atoms with Gasteiger partial charge in [-0.3, -0.25) is 4.79 Å². The van der Waals surface area contributed by atoms with Crippen LogP contribution in [0.15, 0.2) is 48.5 Å². The summed E-state index contributed by atoms with van der Waals surface area (Å²) in [6.07, 6.45) is 2.32. The van der Waals surface area contributed by atoms with Gasteiger partial charge in [-0.25, -0.2) is 0 Å². The first kappa shape index (κ1) is 17.0. The molecular weight excluding hydrogens is 322 g/mol. The Hall–Kier alpha value is -2.43. The van der Waals surface area contributed by atoms with Crippen LogP contribution in [-0.4, -0.2) is 23.4 Å². The quantitative estimate of drug-likeness (QED) is 0.619. The molecule has 2 unspecified atom stereocenters. The van der Waals surface area contributed by atoms with Crippen molar-refractivity contribution in [1.82, 2.24) is 10.3 Å². The van der Waals surface area contributed by atoms with Gasteiger partial charge in [0.05, 0.1) is 0 Å². The largest absolute Gasteiger partial charge is 0.357 e. The van der Waals surface area contributed by atoms with Gasteiger partial charge in [-0.2, -0.15) is 0 Å². The molecule has 0 fully saturated rings. The molecule has 0 saturated heterocycles. The van der Waals surface area contributed by atoms with Gasteiger partial charge in [0.25, 0.3) is 0 Å². The number of hydrogen-bond acceptors (Lipinski definition) is 3. The predicted molar refractivity (Wildman–Crippen MR) is 105 cm³/mol. The molecule has 4 N–H and O–H groups in total. The van der Waals surface area contributed by atoms with E-state index in [0.717, 1.165) is 47.1 Å². The van der Waals surface area contributed by atoms with Crippen molar-refractivity contribution in [2.75, 3.05) is 6.54 Å². The number of nitrogens with one attached hydrogen (secondary N) is 2. The van der Waals surface area contributed by atoms with E-state index < -0.39 is 0 Å². The average Bonchev–Trinajstić information content (AvgIpc) is 3.01. The number of nitrogens with two attached hydrogens (primary N) is 1. The van der Waals surface area contributed by atoms with Crippen LogP contribution >= 0.6 is 0 Å². The molecule has 1 aliphatic rings. The highest BCUT2D eigenvalue weighted by Crippen LogP contribution is 2.34. The Morgan fingerprint density at radius 3 is 2.81 bits per heavy atom. The molecule has 4 rings (SSSR count). The molecule has 4 nitrogen and oxygen atoms in total. The Morgan fingerprint density at radius 2 is 2.04 bits per heavy atom.